The van der Waals surface area contributed by atoms with E-state index in [9.17, 15) is 15.3 Å². The van der Waals surface area contributed by atoms with Crippen LogP contribution in [-0.4, -0.2) is 70.9 Å². The number of piperidine rings is 1. The molecule has 144 valence electrons. The molecule has 25 heavy (non-hydrogen) atoms. The molecule has 0 radical (unpaired) electrons. The minimum Gasteiger partial charge on any atom is -0.396 e. The van der Waals surface area contributed by atoms with Crippen LogP contribution in [0.15, 0.2) is 12.2 Å². The molecule has 2 saturated carbocycles. The Morgan fingerprint density at radius 1 is 1.16 bits per heavy atom. The molecule has 2 bridgehead atoms. The average molecular weight is 354 g/mol. The summed E-state index contributed by atoms with van der Waals surface area (Å²) in [5.41, 5.74) is -2.48. The van der Waals surface area contributed by atoms with Crippen LogP contribution in [0.1, 0.15) is 51.9 Å². The number of methoxy groups -OCH3 is 1. The molecular weight excluding hydrogens is 318 g/mol. The summed E-state index contributed by atoms with van der Waals surface area (Å²) in [7, 11) is 1.69. The van der Waals surface area contributed by atoms with Crippen molar-refractivity contribution in [3.8, 4) is 0 Å². The Morgan fingerprint density at radius 2 is 1.92 bits per heavy atom. The lowest BCUT2D eigenvalue weighted by atomic mass is 9.55. The van der Waals surface area contributed by atoms with Crippen molar-refractivity contribution >= 4 is 0 Å². The van der Waals surface area contributed by atoms with Crippen molar-refractivity contribution < 1.29 is 20.1 Å². The fourth-order valence-corrected chi connectivity index (χ4v) is 5.46. The molecule has 0 aromatic rings. The van der Waals surface area contributed by atoms with Crippen molar-refractivity contribution in [2.24, 2.45) is 11.3 Å². The maximum absolute atomic E-state index is 11.7. The van der Waals surface area contributed by atoms with E-state index < -0.39 is 16.6 Å². The summed E-state index contributed by atoms with van der Waals surface area (Å²) in [6, 6.07) is 0. The Kier molecular flexibility index (Phi) is 5.62. The normalized spacial score (nSPS) is 45.8. The molecule has 0 unspecified atom stereocenters. The van der Waals surface area contributed by atoms with Crippen molar-refractivity contribution in [3.63, 3.8) is 0 Å². The number of likely N-dealkylation sites (tertiary alicyclic amines) is 1. The predicted octanol–water partition coefficient (Wildman–Crippen LogP) is 1.71. The van der Waals surface area contributed by atoms with E-state index in [1.807, 2.05) is 12.2 Å². The van der Waals surface area contributed by atoms with Crippen LogP contribution in [0.3, 0.4) is 0 Å². The van der Waals surface area contributed by atoms with Gasteiger partial charge in [0, 0.05) is 38.0 Å². The molecule has 1 saturated heterocycles. The molecule has 5 nitrogen and oxygen atoms in total. The Morgan fingerprint density at radius 3 is 2.60 bits per heavy atom. The van der Waals surface area contributed by atoms with Gasteiger partial charge >= 0.3 is 0 Å². The van der Waals surface area contributed by atoms with E-state index in [4.69, 9.17) is 4.74 Å². The molecule has 5 heteroatoms. The molecule has 0 aromatic heterocycles. The second kappa shape index (κ2) is 7.28. The van der Waals surface area contributed by atoms with Gasteiger partial charge in [-0.1, -0.05) is 25.5 Å². The van der Waals surface area contributed by atoms with Gasteiger partial charge in [-0.05, 0) is 38.6 Å². The zero-order valence-corrected chi connectivity index (χ0v) is 15.8. The van der Waals surface area contributed by atoms with E-state index in [2.05, 4.69) is 11.8 Å². The first-order chi connectivity index (χ1) is 11.9. The molecule has 1 aliphatic heterocycles. The van der Waals surface area contributed by atoms with Gasteiger partial charge in [-0.15, -0.1) is 0 Å². The zero-order chi connectivity index (χ0) is 18.1. The lowest BCUT2D eigenvalue weighted by Gasteiger charge is -2.59. The van der Waals surface area contributed by atoms with Crippen LogP contribution < -0.4 is 0 Å². The van der Waals surface area contributed by atoms with Crippen molar-refractivity contribution in [2.45, 2.75) is 69.2 Å². The van der Waals surface area contributed by atoms with E-state index in [1.54, 1.807) is 7.11 Å². The molecular formula is C20H35NO4. The highest BCUT2D eigenvalue weighted by Crippen LogP contribution is 2.52. The summed E-state index contributed by atoms with van der Waals surface area (Å²) >= 11 is 0. The Hall–Kier alpha value is -0.460. The van der Waals surface area contributed by atoms with Gasteiger partial charge in [-0.2, -0.15) is 0 Å². The Labute approximate surface area is 151 Å². The average Bonchev–Trinajstić information content (AvgIpc) is 2.60. The third kappa shape index (κ3) is 3.42. The van der Waals surface area contributed by atoms with Crippen LogP contribution in [0.2, 0.25) is 0 Å². The first kappa shape index (κ1) is 19.3. The van der Waals surface area contributed by atoms with Gasteiger partial charge in [0.15, 0.2) is 0 Å². The largest absolute Gasteiger partial charge is 0.396 e. The highest BCUT2D eigenvalue weighted by Gasteiger charge is 2.58. The number of fused-ring (bicyclic) bond motifs is 2. The van der Waals surface area contributed by atoms with Crippen LogP contribution in [-0.2, 0) is 4.74 Å². The van der Waals surface area contributed by atoms with Gasteiger partial charge in [0.05, 0.1) is 23.9 Å². The molecule has 3 fully saturated rings. The van der Waals surface area contributed by atoms with Crippen molar-refractivity contribution in [1.29, 1.82) is 0 Å². The van der Waals surface area contributed by atoms with E-state index in [0.29, 0.717) is 12.8 Å². The molecule has 0 spiro atoms. The van der Waals surface area contributed by atoms with E-state index in [1.165, 1.54) is 0 Å². The standard InChI is InChI=1S/C20H35NO4/c1-3-21-13-16-6-4-8-18(14-21,15-22)20(16,24)11-10-19(23)9-5-7-17(12-19)25-2/h10-11,16-17,22-24H,3-9,12-15H2,1-2H3/b11-10-/t16-,17-,18+,19-,20-/m1/s1. The lowest BCUT2D eigenvalue weighted by molar-refractivity contribution is -0.183. The SMILES string of the molecule is CCN1C[C@H]2CCC[C@@](CO)(C1)[C@@]2(O)/C=C\[C@]1(O)CCC[C@@H](OC)C1. The molecule has 1 heterocycles. The van der Waals surface area contributed by atoms with Gasteiger partial charge in [0.25, 0.3) is 0 Å². The molecule has 5 atom stereocenters. The zero-order valence-electron chi connectivity index (χ0n) is 15.8. The smallest absolute Gasteiger partial charge is 0.0959 e. The summed E-state index contributed by atoms with van der Waals surface area (Å²) in [5, 5.41) is 32.9. The highest BCUT2D eigenvalue weighted by molar-refractivity contribution is 5.22. The van der Waals surface area contributed by atoms with E-state index in [0.717, 1.165) is 51.7 Å². The number of hydrogen-bond acceptors (Lipinski definition) is 5. The molecule has 3 N–H and O–H groups in total. The van der Waals surface area contributed by atoms with Crippen molar-refractivity contribution in [2.75, 3.05) is 33.4 Å². The number of aliphatic hydroxyl groups excluding tert-OH is 1. The van der Waals surface area contributed by atoms with Crippen LogP contribution in [0.5, 0.6) is 0 Å². The number of hydrogen-bond donors (Lipinski definition) is 3. The Bertz CT molecular complexity index is 498. The monoisotopic (exact) mass is 353 g/mol. The number of rotatable bonds is 5. The van der Waals surface area contributed by atoms with Crippen LogP contribution >= 0.6 is 0 Å². The van der Waals surface area contributed by atoms with Gasteiger partial charge in [0.1, 0.15) is 0 Å². The minimum absolute atomic E-state index is 0.0139. The fraction of sp³-hybridized carbons (Fsp3) is 0.900. The topological polar surface area (TPSA) is 73.2 Å². The summed E-state index contributed by atoms with van der Waals surface area (Å²) in [6.07, 6.45) is 9.78. The third-order valence-electron chi connectivity index (χ3n) is 7.13. The molecule has 0 amide bonds. The first-order valence-electron chi connectivity index (χ1n) is 9.91. The summed E-state index contributed by atoms with van der Waals surface area (Å²) in [5.74, 6) is 0.115. The van der Waals surface area contributed by atoms with E-state index in [-0.39, 0.29) is 18.6 Å². The summed E-state index contributed by atoms with van der Waals surface area (Å²) in [6.45, 7) is 4.64. The van der Waals surface area contributed by atoms with Gasteiger partial charge in [0.2, 0.25) is 0 Å². The summed E-state index contributed by atoms with van der Waals surface area (Å²) in [4.78, 5) is 2.35. The predicted molar refractivity (Wildman–Crippen MR) is 97.3 cm³/mol. The summed E-state index contributed by atoms with van der Waals surface area (Å²) < 4.78 is 5.44. The number of nitrogens with zero attached hydrogens (tertiary/aromatic N) is 1. The van der Waals surface area contributed by atoms with Gasteiger partial charge in [-0.3, -0.25) is 0 Å². The second-order valence-corrected chi connectivity index (χ2v) is 8.57. The maximum Gasteiger partial charge on any atom is 0.0959 e. The van der Waals surface area contributed by atoms with Crippen LogP contribution in [0, 0.1) is 11.3 Å². The van der Waals surface area contributed by atoms with Crippen LogP contribution in [0.25, 0.3) is 0 Å². The molecule has 2 aliphatic carbocycles. The Balaban J connectivity index is 1.86. The van der Waals surface area contributed by atoms with E-state index >= 15 is 0 Å². The number of ether oxygens (including phenoxy) is 1. The molecule has 3 rings (SSSR count). The molecule has 0 aromatic carbocycles. The lowest BCUT2D eigenvalue weighted by Crippen LogP contribution is -2.67. The fourth-order valence-electron chi connectivity index (χ4n) is 5.46. The maximum atomic E-state index is 11.7. The molecule has 3 aliphatic rings. The van der Waals surface area contributed by atoms with Gasteiger partial charge in [-0.25, -0.2) is 0 Å². The van der Waals surface area contributed by atoms with Gasteiger partial charge < -0.3 is 25.0 Å². The number of aliphatic hydroxyl groups is 3. The van der Waals surface area contributed by atoms with Crippen molar-refractivity contribution in [3.05, 3.63) is 12.2 Å². The van der Waals surface area contributed by atoms with Crippen molar-refractivity contribution in [1.82, 2.24) is 4.90 Å². The second-order valence-electron chi connectivity index (χ2n) is 8.57. The van der Waals surface area contributed by atoms with Crippen LogP contribution in [0.4, 0.5) is 0 Å². The quantitative estimate of drug-likeness (QED) is 0.656. The first-order valence-corrected chi connectivity index (χ1v) is 9.91. The third-order valence-corrected chi connectivity index (χ3v) is 7.13. The highest BCUT2D eigenvalue weighted by atomic mass is 16.5. The minimum atomic E-state index is -1.04.